The van der Waals surface area contributed by atoms with Crippen molar-refractivity contribution < 1.29 is 4.79 Å². The second kappa shape index (κ2) is 7.12. The first-order chi connectivity index (χ1) is 11.7. The monoisotopic (exact) mass is 376 g/mol. The van der Waals surface area contributed by atoms with E-state index in [1.165, 1.54) is 0 Å². The molecule has 1 N–H and O–H groups in total. The summed E-state index contributed by atoms with van der Waals surface area (Å²) in [6.45, 7) is 0. The van der Waals surface area contributed by atoms with Gasteiger partial charge in [-0.3, -0.25) is 4.79 Å². The van der Waals surface area contributed by atoms with Crippen molar-refractivity contribution in [1.82, 2.24) is 0 Å². The van der Waals surface area contributed by atoms with E-state index in [-0.39, 0.29) is 5.57 Å². The van der Waals surface area contributed by atoms with Crippen LogP contribution < -0.4 is 5.32 Å². The lowest BCUT2D eigenvalue weighted by Gasteiger charge is -2.06. The molecule has 0 radical (unpaired) electrons. The molecule has 4 heteroatoms. The molecule has 3 nitrogen and oxygen atoms in total. The largest absolute Gasteiger partial charge is 0.321 e. The molecule has 24 heavy (non-hydrogen) atoms. The predicted molar refractivity (Wildman–Crippen MR) is 100 cm³/mol. The van der Waals surface area contributed by atoms with Gasteiger partial charge in [0.25, 0.3) is 5.91 Å². The summed E-state index contributed by atoms with van der Waals surface area (Å²) in [7, 11) is 0. The molecule has 3 aromatic rings. The molecule has 0 saturated heterocycles. The first-order valence-electron chi connectivity index (χ1n) is 7.33. The second-order valence-corrected chi connectivity index (χ2v) is 6.16. The number of carbonyl (C=O) groups excluding carboxylic acids is 1. The molecule has 3 rings (SSSR count). The lowest BCUT2D eigenvalue weighted by Crippen LogP contribution is -2.13. The van der Waals surface area contributed by atoms with Crippen LogP contribution in [-0.4, -0.2) is 5.91 Å². The number of anilines is 1. The number of fused-ring (bicyclic) bond motifs is 1. The molecule has 0 saturated carbocycles. The first kappa shape index (κ1) is 16.0. The van der Waals surface area contributed by atoms with Crippen LogP contribution in [0.4, 0.5) is 5.69 Å². The molecule has 0 unspecified atom stereocenters. The topological polar surface area (TPSA) is 52.9 Å². The van der Waals surface area contributed by atoms with E-state index >= 15 is 0 Å². The molecule has 0 fully saturated rings. The zero-order chi connectivity index (χ0) is 16.9. The Morgan fingerprint density at radius 1 is 1.00 bits per heavy atom. The number of halogens is 1. The summed E-state index contributed by atoms with van der Waals surface area (Å²) >= 11 is 3.38. The molecule has 0 aliphatic carbocycles. The standard InChI is InChI=1S/C20H13BrN2O/c21-18-7-3-4-14(11-18)10-17(13-22)20(24)23-19-9-8-15-5-1-2-6-16(15)12-19/h1-12H,(H,23,24)/b17-10+. The number of nitriles is 1. The summed E-state index contributed by atoms with van der Waals surface area (Å²) in [5, 5.41) is 14.2. The van der Waals surface area contributed by atoms with Gasteiger partial charge in [-0.05, 0) is 46.7 Å². The summed E-state index contributed by atoms with van der Waals surface area (Å²) in [6.07, 6.45) is 1.57. The molecular formula is C20H13BrN2O. The molecule has 0 spiro atoms. The highest BCUT2D eigenvalue weighted by atomic mass is 79.9. The Bertz CT molecular complexity index is 986. The van der Waals surface area contributed by atoms with Crippen molar-refractivity contribution in [1.29, 1.82) is 5.26 Å². The maximum absolute atomic E-state index is 12.4. The van der Waals surface area contributed by atoms with Gasteiger partial charge in [0.05, 0.1) is 0 Å². The average molecular weight is 377 g/mol. The Morgan fingerprint density at radius 3 is 2.54 bits per heavy atom. The number of nitrogens with zero attached hydrogens (tertiary/aromatic N) is 1. The smallest absolute Gasteiger partial charge is 0.266 e. The maximum atomic E-state index is 12.4. The molecule has 0 aromatic heterocycles. The zero-order valence-electron chi connectivity index (χ0n) is 12.7. The number of carbonyl (C=O) groups is 1. The molecule has 116 valence electrons. The SMILES string of the molecule is N#C/C(=C\c1cccc(Br)c1)C(=O)Nc1ccc2ccccc2c1. The Labute approximate surface area is 148 Å². The lowest BCUT2D eigenvalue weighted by atomic mass is 10.1. The van der Waals surface area contributed by atoms with E-state index in [1.807, 2.05) is 72.8 Å². The van der Waals surface area contributed by atoms with Crippen molar-refractivity contribution in [3.05, 3.63) is 82.3 Å². The number of nitrogens with one attached hydrogen (secondary N) is 1. The van der Waals surface area contributed by atoms with Crippen LogP contribution in [0.1, 0.15) is 5.56 Å². The minimum atomic E-state index is -0.423. The number of amides is 1. The molecule has 3 aromatic carbocycles. The molecule has 1 amide bonds. The molecule has 0 atom stereocenters. The minimum Gasteiger partial charge on any atom is -0.321 e. The predicted octanol–water partition coefficient (Wildman–Crippen LogP) is 5.15. The fourth-order valence-electron chi connectivity index (χ4n) is 2.38. The van der Waals surface area contributed by atoms with Crippen LogP contribution in [0.5, 0.6) is 0 Å². The third kappa shape index (κ3) is 3.70. The highest BCUT2D eigenvalue weighted by Gasteiger charge is 2.10. The number of rotatable bonds is 3. The van der Waals surface area contributed by atoms with E-state index in [0.717, 1.165) is 20.8 Å². The Kier molecular flexibility index (Phi) is 4.74. The summed E-state index contributed by atoms with van der Waals surface area (Å²) in [4.78, 5) is 12.4. The Hall–Kier alpha value is -2.90. The van der Waals surface area contributed by atoms with Gasteiger partial charge in [-0.2, -0.15) is 5.26 Å². The zero-order valence-corrected chi connectivity index (χ0v) is 14.2. The minimum absolute atomic E-state index is 0.0567. The first-order valence-corrected chi connectivity index (χ1v) is 8.12. The van der Waals surface area contributed by atoms with Gasteiger partial charge in [0.15, 0.2) is 0 Å². The molecule has 0 aliphatic rings. The average Bonchev–Trinajstić information content (AvgIpc) is 2.59. The molecule has 0 heterocycles. The third-order valence-electron chi connectivity index (χ3n) is 3.53. The summed E-state index contributed by atoms with van der Waals surface area (Å²) in [5.74, 6) is -0.423. The number of hydrogen-bond acceptors (Lipinski definition) is 2. The number of hydrogen-bond donors (Lipinski definition) is 1. The van der Waals surface area contributed by atoms with Gasteiger partial charge in [-0.25, -0.2) is 0 Å². The quantitative estimate of drug-likeness (QED) is 0.507. The van der Waals surface area contributed by atoms with Gasteiger partial charge in [0.2, 0.25) is 0 Å². The lowest BCUT2D eigenvalue weighted by molar-refractivity contribution is -0.112. The summed E-state index contributed by atoms with van der Waals surface area (Å²) in [5.41, 5.74) is 1.50. The van der Waals surface area contributed by atoms with E-state index in [4.69, 9.17) is 0 Å². The summed E-state index contributed by atoms with van der Waals surface area (Å²) in [6, 6.07) is 22.9. The van der Waals surface area contributed by atoms with Gasteiger partial charge in [-0.1, -0.05) is 58.4 Å². The molecule has 0 aliphatic heterocycles. The second-order valence-electron chi connectivity index (χ2n) is 5.24. The van der Waals surface area contributed by atoms with Gasteiger partial charge in [-0.15, -0.1) is 0 Å². The highest BCUT2D eigenvalue weighted by molar-refractivity contribution is 9.10. The van der Waals surface area contributed by atoms with E-state index < -0.39 is 5.91 Å². The summed E-state index contributed by atoms with van der Waals surface area (Å²) < 4.78 is 0.892. The van der Waals surface area contributed by atoms with Crippen LogP contribution in [0.3, 0.4) is 0 Å². The van der Waals surface area contributed by atoms with E-state index in [0.29, 0.717) is 5.69 Å². The van der Waals surface area contributed by atoms with Crippen LogP contribution >= 0.6 is 15.9 Å². The van der Waals surface area contributed by atoms with Crippen molar-refractivity contribution in [2.75, 3.05) is 5.32 Å². The van der Waals surface area contributed by atoms with Crippen LogP contribution in [0.25, 0.3) is 16.8 Å². The van der Waals surface area contributed by atoms with Crippen molar-refractivity contribution in [2.24, 2.45) is 0 Å². The normalized spacial score (nSPS) is 11.1. The van der Waals surface area contributed by atoms with Crippen molar-refractivity contribution in [2.45, 2.75) is 0 Å². The van der Waals surface area contributed by atoms with E-state index in [9.17, 15) is 10.1 Å². The number of benzene rings is 3. The molecule has 0 bridgehead atoms. The van der Waals surface area contributed by atoms with Crippen LogP contribution in [0, 0.1) is 11.3 Å². The fraction of sp³-hybridized carbons (Fsp3) is 0. The van der Waals surface area contributed by atoms with Gasteiger partial charge >= 0.3 is 0 Å². The molecular weight excluding hydrogens is 364 g/mol. The maximum Gasteiger partial charge on any atom is 0.266 e. The van der Waals surface area contributed by atoms with Gasteiger partial charge < -0.3 is 5.32 Å². The van der Waals surface area contributed by atoms with Crippen LogP contribution in [0.2, 0.25) is 0 Å². The van der Waals surface area contributed by atoms with Crippen LogP contribution in [0.15, 0.2) is 76.8 Å². The van der Waals surface area contributed by atoms with Crippen molar-refractivity contribution in [3.63, 3.8) is 0 Å². The highest BCUT2D eigenvalue weighted by Crippen LogP contribution is 2.20. The Morgan fingerprint density at radius 2 is 1.79 bits per heavy atom. The van der Waals surface area contributed by atoms with Crippen LogP contribution in [-0.2, 0) is 4.79 Å². The van der Waals surface area contributed by atoms with E-state index in [1.54, 1.807) is 6.08 Å². The fourth-order valence-corrected chi connectivity index (χ4v) is 2.79. The van der Waals surface area contributed by atoms with Crippen molar-refractivity contribution >= 4 is 44.4 Å². The van der Waals surface area contributed by atoms with Gasteiger partial charge in [0, 0.05) is 10.2 Å². The van der Waals surface area contributed by atoms with E-state index in [2.05, 4.69) is 21.2 Å². The van der Waals surface area contributed by atoms with Crippen molar-refractivity contribution in [3.8, 4) is 6.07 Å². The Balaban J connectivity index is 1.85. The third-order valence-corrected chi connectivity index (χ3v) is 4.03. The van der Waals surface area contributed by atoms with Gasteiger partial charge in [0.1, 0.15) is 11.6 Å².